The number of carboxylic acid groups (broad SMARTS) is 1. The number of nitrogens with one attached hydrogen (secondary N) is 2. The Balaban J connectivity index is 2.16. The average Bonchev–Trinajstić information content (AvgIpc) is 2.62. The molecule has 0 bridgehead atoms. The first-order valence-electron chi connectivity index (χ1n) is 8.11. The zero-order valence-electron chi connectivity index (χ0n) is 14.0. The molecule has 2 aromatic rings. The van der Waals surface area contributed by atoms with E-state index in [0.717, 1.165) is 11.1 Å². The Labute approximate surface area is 146 Å². The lowest BCUT2D eigenvalue weighted by atomic mass is 10.0. The van der Waals surface area contributed by atoms with Crippen molar-refractivity contribution in [2.75, 3.05) is 6.61 Å². The lowest BCUT2D eigenvalue weighted by Crippen LogP contribution is -2.42. The number of carbonyl (C=O) groups is 2. The fourth-order valence-electron chi connectivity index (χ4n) is 2.45. The number of benzene rings is 2. The van der Waals surface area contributed by atoms with Crippen LogP contribution in [0.25, 0.3) is 0 Å². The molecular formula is C19H22N2O4. The highest BCUT2D eigenvalue weighted by atomic mass is 16.5. The number of carbonyl (C=O) groups excluding carboxylic acids is 1. The molecule has 0 fully saturated rings. The normalized spacial score (nSPS) is 13.0. The molecule has 0 saturated heterocycles. The van der Waals surface area contributed by atoms with Crippen LogP contribution in [-0.4, -0.2) is 23.7 Å². The van der Waals surface area contributed by atoms with Gasteiger partial charge in [-0.1, -0.05) is 60.7 Å². The maximum absolute atomic E-state index is 12.3. The summed E-state index contributed by atoms with van der Waals surface area (Å²) < 4.78 is 5.12. The van der Waals surface area contributed by atoms with Gasteiger partial charge in [-0.2, -0.15) is 0 Å². The van der Waals surface area contributed by atoms with Gasteiger partial charge in [-0.3, -0.25) is 4.79 Å². The highest BCUT2D eigenvalue weighted by Gasteiger charge is 2.24. The Morgan fingerprint density at radius 2 is 1.52 bits per heavy atom. The standard InChI is InChI=1S/C19H22N2O4/c1-2-25-19(24)18(15-11-7-4-8-12-15)21-20-16(13-17(22)23)14-9-5-3-6-10-14/h3-12,16,18,20-21H,2,13H2,1H3,(H,22,23). The summed E-state index contributed by atoms with van der Waals surface area (Å²) in [5.74, 6) is -1.36. The molecule has 2 rings (SSSR count). The van der Waals surface area contributed by atoms with Crippen molar-refractivity contribution in [2.45, 2.75) is 25.4 Å². The van der Waals surface area contributed by atoms with Crippen molar-refractivity contribution >= 4 is 11.9 Å². The molecule has 2 atom stereocenters. The molecule has 25 heavy (non-hydrogen) atoms. The second kappa shape index (κ2) is 9.56. The minimum absolute atomic E-state index is 0.124. The van der Waals surface area contributed by atoms with E-state index in [0.29, 0.717) is 0 Å². The van der Waals surface area contributed by atoms with Gasteiger partial charge in [-0.05, 0) is 18.1 Å². The molecule has 0 radical (unpaired) electrons. The highest BCUT2D eigenvalue weighted by molar-refractivity contribution is 5.77. The quantitative estimate of drug-likeness (QED) is 0.480. The number of esters is 1. The number of hydrogen-bond acceptors (Lipinski definition) is 5. The van der Waals surface area contributed by atoms with E-state index >= 15 is 0 Å². The molecule has 132 valence electrons. The largest absolute Gasteiger partial charge is 0.481 e. The minimum atomic E-state index is -0.935. The highest BCUT2D eigenvalue weighted by Crippen LogP contribution is 2.18. The fraction of sp³-hybridized carbons (Fsp3) is 0.263. The van der Waals surface area contributed by atoms with Crippen LogP contribution in [0, 0.1) is 0 Å². The molecule has 0 heterocycles. The van der Waals surface area contributed by atoms with E-state index in [1.807, 2.05) is 60.7 Å². The van der Waals surface area contributed by atoms with Crippen molar-refractivity contribution in [3.63, 3.8) is 0 Å². The Morgan fingerprint density at radius 1 is 0.960 bits per heavy atom. The molecule has 0 saturated carbocycles. The van der Waals surface area contributed by atoms with Crippen LogP contribution in [0.15, 0.2) is 60.7 Å². The summed E-state index contributed by atoms with van der Waals surface area (Å²) in [5, 5.41) is 9.16. The van der Waals surface area contributed by atoms with Crippen LogP contribution in [0.3, 0.4) is 0 Å². The third-order valence-electron chi connectivity index (χ3n) is 3.64. The summed E-state index contributed by atoms with van der Waals surface area (Å²) in [7, 11) is 0. The van der Waals surface area contributed by atoms with Crippen molar-refractivity contribution < 1.29 is 19.4 Å². The van der Waals surface area contributed by atoms with Crippen molar-refractivity contribution in [3.8, 4) is 0 Å². The fourth-order valence-corrected chi connectivity index (χ4v) is 2.45. The maximum atomic E-state index is 12.3. The van der Waals surface area contributed by atoms with Crippen LogP contribution in [0.4, 0.5) is 0 Å². The van der Waals surface area contributed by atoms with Gasteiger partial charge in [-0.15, -0.1) is 0 Å². The van der Waals surface area contributed by atoms with Crippen LogP contribution in [-0.2, 0) is 14.3 Å². The Hall–Kier alpha value is -2.70. The van der Waals surface area contributed by atoms with Crippen LogP contribution in [0.2, 0.25) is 0 Å². The SMILES string of the molecule is CCOC(=O)C(NNC(CC(=O)O)c1ccccc1)c1ccccc1. The van der Waals surface area contributed by atoms with Gasteiger partial charge >= 0.3 is 11.9 Å². The van der Waals surface area contributed by atoms with Gasteiger partial charge in [0.05, 0.1) is 19.1 Å². The van der Waals surface area contributed by atoms with Crippen LogP contribution in [0.1, 0.15) is 36.6 Å². The van der Waals surface area contributed by atoms with Crippen molar-refractivity contribution in [2.24, 2.45) is 0 Å². The van der Waals surface area contributed by atoms with E-state index in [2.05, 4.69) is 10.9 Å². The lowest BCUT2D eigenvalue weighted by molar-refractivity contribution is -0.146. The molecule has 2 aromatic carbocycles. The molecule has 2 unspecified atom stereocenters. The third kappa shape index (κ3) is 5.70. The molecule has 6 nitrogen and oxygen atoms in total. The number of aliphatic carboxylic acids is 1. The summed E-state index contributed by atoms with van der Waals surface area (Å²) in [5.41, 5.74) is 7.46. The van der Waals surface area contributed by atoms with E-state index in [-0.39, 0.29) is 13.0 Å². The Kier molecular flexibility index (Phi) is 7.13. The molecule has 0 amide bonds. The van der Waals surface area contributed by atoms with Gasteiger partial charge in [0.25, 0.3) is 0 Å². The lowest BCUT2D eigenvalue weighted by Gasteiger charge is -2.23. The van der Waals surface area contributed by atoms with Crippen LogP contribution in [0.5, 0.6) is 0 Å². The first-order chi connectivity index (χ1) is 12.1. The van der Waals surface area contributed by atoms with Gasteiger partial charge in [0.15, 0.2) is 0 Å². The van der Waals surface area contributed by atoms with E-state index in [4.69, 9.17) is 9.84 Å². The maximum Gasteiger partial charge on any atom is 0.329 e. The van der Waals surface area contributed by atoms with Crippen molar-refractivity contribution in [3.05, 3.63) is 71.8 Å². The summed E-state index contributed by atoms with van der Waals surface area (Å²) in [6.07, 6.45) is -0.124. The number of carboxylic acids is 1. The van der Waals surface area contributed by atoms with Crippen LogP contribution >= 0.6 is 0 Å². The molecule has 0 aliphatic carbocycles. The first kappa shape index (κ1) is 18.6. The summed E-state index contributed by atoms with van der Waals surface area (Å²) in [4.78, 5) is 23.4. The molecule has 6 heteroatoms. The molecule has 0 aliphatic heterocycles. The number of hydrogen-bond donors (Lipinski definition) is 3. The van der Waals surface area contributed by atoms with E-state index < -0.39 is 24.0 Å². The van der Waals surface area contributed by atoms with E-state index in [9.17, 15) is 9.59 Å². The molecule has 0 aromatic heterocycles. The Morgan fingerprint density at radius 3 is 2.04 bits per heavy atom. The van der Waals surface area contributed by atoms with Gasteiger partial charge < -0.3 is 9.84 Å². The van der Waals surface area contributed by atoms with Gasteiger partial charge in [0.1, 0.15) is 6.04 Å². The Bertz CT molecular complexity index is 676. The van der Waals surface area contributed by atoms with Crippen molar-refractivity contribution in [1.82, 2.24) is 10.9 Å². The number of hydrazine groups is 1. The monoisotopic (exact) mass is 342 g/mol. The predicted octanol–water partition coefficient (Wildman–Crippen LogP) is 2.60. The topological polar surface area (TPSA) is 87.7 Å². The van der Waals surface area contributed by atoms with Gasteiger partial charge in [-0.25, -0.2) is 15.6 Å². The third-order valence-corrected chi connectivity index (χ3v) is 3.64. The molecule has 3 N–H and O–H groups in total. The van der Waals surface area contributed by atoms with Crippen LogP contribution < -0.4 is 10.9 Å². The van der Waals surface area contributed by atoms with Gasteiger partial charge in [0, 0.05) is 0 Å². The van der Waals surface area contributed by atoms with Crippen molar-refractivity contribution in [1.29, 1.82) is 0 Å². The summed E-state index contributed by atoms with van der Waals surface area (Å²) in [6.45, 7) is 2.01. The number of rotatable bonds is 9. The van der Waals surface area contributed by atoms with E-state index in [1.165, 1.54) is 0 Å². The zero-order valence-corrected chi connectivity index (χ0v) is 14.0. The second-order valence-electron chi connectivity index (χ2n) is 5.45. The summed E-state index contributed by atoms with van der Waals surface area (Å²) in [6, 6.07) is 17.1. The van der Waals surface area contributed by atoms with Gasteiger partial charge in [0.2, 0.25) is 0 Å². The van der Waals surface area contributed by atoms with E-state index in [1.54, 1.807) is 6.92 Å². The molecule has 0 aliphatic rings. The minimum Gasteiger partial charge on any atom is -0.481 e. The second-order valence-corrected chi connectivity index (χ2v) is 5.45. The molecule has 0 spiro atoms. The first-order valence-corrected chi connectivity index (χ1v) is 8.11. The molecular weight excluding hydrogens is 320 g/mol. The predicted molar refractivity (Wildman–Crippen MR) is 93.5 cm³/mol. The zero-order chi connectivity index (χ0) is 18.1. The number of ether oxygens (including phenoxy) is 1. The summed E-state index contributed by atoms with van der Waals surface area (Å²) >= 11 is 0. The smallest absolute Gasteiger partial charge is 0.329 e. The average molecular weight is 342 g/mol.